The van der Waals surface area contributed by atoms with Crippen molar-refractivity contribution in [3.05, 3.63) is 23.8 Å². The SMILES string of the molecule is CCN(CC)C(=O)COc1ccc(CCC(C)=O)cc1OC. The van der Waals surface area contributed by atoms with E-state index in [9.17, 15) is 9.59 Å². The van der Waals surface area contributed by atoms with Crippen LogP contribution in [0.15, 0.2) is 18.2 Å². The number of Topliss-reactive ketones (excluding diaryl/α,β-unsaturated/α-hetero) is 1. The Labute approximate surface area is 132 Å². The Morgan fingerprint density at radius 2 is 1.82 bits per heavy atom. The van der Waals surface area contributed by atoms with E-state index in [1.165, 1.54) is 0 Å². The first kappa shape index (κ1) is 18.0. The molecule has 0 aliphatic rings. The number of carbonyl (C=O) groups is 2. The van der Waals surface area contributed by atoms with Gasteiger partial charge in [-0.15, -0.1) is 0 Å². The van der Waals surface area contributed by atoms with E-state index in [0.29, 0.717) is 37.4 Å². The van der Waals surface area contributed by atoms with Crippen molar-refractivity contribution in [1.29, 1.82) is 0 Å². The van der Waals surface area contributed by atoms with Gasteiger partial charge < -0.3 is 19.2 Å². The molecule has 0 spiro atoms. The Morgan fingerprint density at radius 3 is 2.36 bits per heavy atom. The minimum absolute atomic E-state index is 0.00909. The van der Waals surface area contributed by atoms with E-state index in [1.807, 2.05) is 26.0 Å². The van der Waals surface area contributed by atoms with E-state index in [2.05, 4.69) is 0 Å². The summed E-state index contributed by atoms with van der Waals surface area (Å²) in [5.74, 6) is 1.22. The molecule has 0 aliphatic carbocycles. The van der Waals surface area contributed by atoms with Gasteiger partial charge in [0.2, 0.25) is 0 Å². The predicted molar refractivity (Wildman–Crippen MR) is 85.4 cm³/mol. The molecule has 1 rings (SSSR count). The van der Waals surface area contributed by atoms with Gasteiger partial charge in [0.15, 0.2) is 18.1 Å². The zero-order valence-corrected chi connectivity index (χ0v) is 13.8. The standard InChI is InChI=1S/C17H25NO4/c1-5-18(6-2)17(20)12-22-15-10-9-14(8-7-13(3)19)11-16(15)21-4/h9-11H,5-8,12H2,1-4H3. The number of nitrogens with zero attached hydrogens (tertiary/aromatic N) is 1. The van der Waals surface area contributed by atoms with Crippen LogP contribution in [0.2, 0.25) is 0 Å². The molecule has 0 fully saturated rings. The summed E-state index contributed by atoms with van der Waals surface area (Å²) in [7, 11) is 1.56. The molecule has 0 saturated heterocycles. The van der Waals surface area contributed by atoms with Crippen molar-refractivity contribution in [1.82, 2.24) is 4.90 Å². The fourth-order valence-electron chi connectivity index (χ4n) is 2.11. The summed E-state index contributed by atoms with van der Waals surface area (Å²) in [6, 6.07) is 5.52. The summed E-state index contributed by atoms with van der Waals surface area (Å²) in [5, 5.41) is 0. The fraction of sp³-hybridized carbons (Fsp3) is 0.529. The second kappa shape index (κ2) is 9.07. The minimum Gasteiger partial charge on any atom is -0.493 e. The van der Waals surface area contributed by atoms with Crippen LogP contribution in [0.5, 0.6) is 11.5 Å². The van der Waals surface area contributed by atoms with Gasteiger partial charge in [-0.05, 0) is 44.9 Å². The van der Waals surface area contributed by atoms with Crippen molar-refractivity contribution in [2.75, 3.05) is 26.8 Å². The zero-order valence-electron chi connectivity index (χ0n) is 13.8. The fourth-order valence-corrected chi connectivity index (χ4v) is 2.11. The summed E-state index contributed by atoms with van der Waals surface area (Å²) in [6.07, 6.45) is 1.17. The molecule has 1 amide bonds. The molecule has 0 aromatic heterocycles. The average Bonchev–Trinajstić information content (AvgIpc) is 2.52. The van der Waals surface area contributed by atoms with E-state index >= 15 is 0 Å². The number of hydrogen-bond donors (Lipinski definition) is 0. The number of ether oxygens (including phenoxy) is 2. The summed E-state index contributed by atoms with van der Waals surface area (Å²) in [4.78, 5) is 24.7. The molecule has 1 aromatic rings. The van der Waals surface area contributed by atoms with Gasteiger partial charge in [0.05, 0.1) is 7.11 Å². The maximum absolute atomic E-state index is 11.9. The van der Waals surface area contributed by atoms with Crippen LogP contribution >= 0.6 is 0 Å². The number of likely N-dealkylation sites (N-methyl/N-ethyl adjacent to an activating group) is 1. The Bertz CT molecular complexity index is 509. The lowest BCUT2D eigenvalue weighted by Gasteiger charge is -2.19. The Kier molecular flexibility index (Phi) is 7.43. The lowest BCUT2D eigenvalue weighted by Crippen LogP contribution is -2.34. The van der Waals surface area contributed by atoms with Gasteiger partial charge in [-0.1, -0.05) is 6.07 Å². The second-order valence-electron chi connectivity index (χ2n) is 5.04. The topological polar surface area (TPSA) is 55.8 Å². The summed E-state index contributed by atoms with van der Waals surface area (Å²) in [5.41, 5.74) is 1.01. The maximum Gasteiger partial charge on any atom is 0.260 e. The largest absolute Gasteiger partial charge is 0.493 e. The molecule has 5 nitrogen and oxygen atoms in total. The first-order valence-electron chi connectivity index (χ1n) is 7.58. The molecule has 5 heteroatoms. The maximum atomic E-state index is 11.9. The lowest BCUT2D eigenvalue weighted by atomic mass is 10.1. The summed E-state index contributed by atoms with van der Waals surface area (Å²) < 4.78 is 10.9. The Balaban J connectivity index is 2.70. The number of aryl methyl sites for hydroxylation is 1. The molecular weight excluding hydrogens is 282 g/mol. The monoisotopic (exact) mass is 307 g/mol. The molecule has 0 unspecified atom stereocenters. The van der Waals surface area contributed by atoms with E-state index in [4.69, 9.17) is 9.47 Å². The third kappa shape index (κ3) is 5.39. The Hall–Kier alpha value is -2.04. The van der Waals surface area contributed by atoms with Gasteiger partial charge >= 0.3 is 0 Å². The number of methoxy groups -OCH3 is 1. The van der Waals surface area contributed by atoms with Gasteiger partial charge in [0.1, 0.15) is 5.78 Å². The van der Waals surface area contributed by atoms with Crippen LogP contribution in [0.1, 0.15) is 32.8 Å². The van der Waals surface area contributed by atoms with Gasteiger partial charge in [-0.3, -0.25) is 4.79 Å². The van der Waals surface area contributed by atoms with Crippen molar-refractivity contribution < 1.29 is 19.1 Å². The molecule has 0 heterocycles. The van der Waals surface area contributed by atoms with Crippen LogP contribution in [0.3, 0.4) is 0 Å². The molecule has 1 aromatic carbocycles. The van der Waals surface area contributed by atoms with Gasteiger partial charge in [0, 0.05) is 19.5 Å². The number of ketones is 1. The smallest absolute Gasteiger partial charge is 0.260 e. The van der Waals surface area contributed by atoms with Crippen LogP contribution < -0.4 is 9.47 Å². The number of carbonyl (C=O) groups excluding carboxylic acids is 2. The first-order chi connectivity index (χ1) is 10.5. The van der Waals surface area contributed by atoms with E-state index in [-0.39, 0.29) is 18.3 Å². The zero-order chi connectivity index (χ0) is 16.5. The third-order valence-corrected chi connectivity index (χ3v) is 3.46. The molecule has 0 bridgehead atoms. The number of amides is 1. The number of benzene rings is 1. The number of rotatable bonds is 9. The van der Waals surface area contributed by atoms with Crippen LogP contribution in [0.25, 0.3) is 0 Å². The quantitative estimate of drug-likeness (QED) is 0.703. The van der Waals surface area contributed by atoms with Gasteiger partial charge in [-0.25, -0.2) is 0 Å². The molecule has 0 aliphatic heterocycles. The van der Waals surface area contributed by atoms with Crippen molar-refractivity contribution >= 4 is 11.7 Å². The van der Waals surface area contributed by atoms with Crippen LogP contribution in [-0.4, -0.2) is 43.4 Å². The molecule has 0 N–H and O–H groups in total. The Morgan fingerprint density at radius 1 is 1.14 bits per heavy atom. The normalized spacial score (nSPS) is 10.2. The molecule has 122 valence electrons. The second-order valence-corrected chi connectivity index (χ2v) is 5.04. The van der Waals surface area contributed by atoms with Gasteiger partial charge in [-0.2, -0.15) is 0 Å². The summed E-state index contributed by atoms with van der Waals surface area (Å²) >= 11 is 0. The molecule has 0 radical (unpaired) electrons. The summed E-state index contributed by atoms with van der Waals surface area (Å²) in [6.45, 7) is 6.77. The van der Waals surface area contributed by atoms with E-state index in [0.717, 1.165) is 5.56 Å². The lowest BCUT2D eigenvalue weighted by molar-refractivity contribution is -0.133. The van der Waals surface area contributed by atoms with Crippen LogP contribution in [0, 0.1) is 0 Å². The first-order valence-corrected chi connectivity index (χ1v) is 7.58. The highest BCUT2D eigenvalue weighted by Crippen LogP contribution is 2.28. The third-order valence-electron chi connectivity index (χ3n) is 3.46. The van der Waals surface area contributed by atoms with Crippen LogP contribution in [-0.2, 0) is 16.0 Å². The highest BCUT2D eigenvalue weighted by Gasteiger charge is 2.12. The number of hydrogen-bond acceptors (Lipinski definition) is 4. The van der Waals surface area contributed by atoms with Gasteiger partial charge in [0.25, 0.3) is 5.91 Å². The highest BCUT2D eigenvalue weighted by atomic mass is 16.5. The van der Waals surface area contributed by atoms with Crippen LogP contribution in [0.4, 0.5) is 0 Å². The molecule has 0 atom stereocenters. The van der Waals surface area contributed by atoms with Crippen molar-refractivity contribution in [2.45, 2.75) is 33.6 Å². The van der Waals surface area contributed by atoms with Crippen molar-refractivity contribution in [2.24, 2.45) is 0 Å². The molecule has 22 heavy (non-hydrogen) atoms. The minimum atomic E-state index is -0.0484. The van der Waals surface area contributed by atoms with E-state index in [1.54, 1.807) is 25.0 Å². The highest BCUT2D eigenvalue weighted by molar-refractivity contribution is 5.77. The predicted octanol–water partition coefficient (Wildman–Crippen LogP) is 2.46. The van der Waals surface area contributed by atoms with Crippen molar-refractivity contribution in [3.8, 4) is 11.5 Å². The van der Waals surface area contributed by atoms with E-state index < -0.39 is 0 Å². The molecular formula is C17H25NO4. The molecule has 0 saturated carbocycles. The van der Waals surface area contributed by atoms with Crippen molar-refractivity contribution in [3.63, 3.8) is 0 Å². The average molecular weight is 307 g/mol.